The number of nitriles is 1. The van der Waals surface area contributed by atoms with E-state index in [0.717, 1.165) is 26.2 Å². The Morgan fingerprint density at radius 3 is 2.87 bits per heavy atom. The summed E-state index contributed by atoms with van der Waals surface area (Å²) < 4.78 is 5.19. The lowest BCUT2D eigenvalue weighted by Crippen LogP contribution is -2.44. The van der Waals surface area contributed by atoms with Crippen molar-refractivity contribution in [3.05, 3.63) is 24.2 Å². The SMILES string of the molecule is COc1ncccc1Nc1nc(C#N)nc(N2CCNCC2)n1. The smallest absolute Gasteiger partial charge is 0.238 e. The summed E-state index contributed by atoms with van der Waals surface area (Å²) in [6.45, 7) is 3.27. The lowest BCUT2D eigenvalue weighted by Gasteiger charge is -2.27. The molecule has 2 aromatic rings. The third kappa shape index (κ3) is 3.44. The van der Waals surface area contributed by atoms with Crippen LogP contribution in [0, 0.1) is 11.3 Å². The van der Waals surface area contributed by atoms with Gasteiger partial charge in [0.1, 0.15) is 11.8 Å². The summed E-state index contributed by atoms with van der Waals surface area (Å²) >= 11 is 0. The predicted octanol–water partition coefficient (Wildman–Crippen LogP) is 0.300. The van der Waals surface area contributed by atoms with E-state index in [1.165, 1.54) is 7.11 Å². The highest BCUT2D eigenvalue weighted by Crippen LogP contribution is 2.23. The Hall–Kier alpha value is -2.99. The largest absolute Gasteiger partial charge is 0.480 e. The molecule has 9 heteroatoms. The van der Waals surface area contributed by atoms with Gasteiger partial charge < -0.3 is 20.3 Å². The van der Waals surface area contributed by atoms with Gasteiger partial charge in [-0.05, 0) is 12.1 Å². The minimum atomic E-state index is 0.0684. The van der Waals surface area contributed by atoms with Crippen molar-refractivity contribution in [3.63, 3.8) is 0 Å². The number of nitrogens with one attached hydrogen (secondary N) is 2. The van der Waals surface area contributed by atoms with Gasteiger partial charge in [0.05, 0.1) is 7.11 Å². The normalized spacial score (nSPS) is 14.2. The maximum atomic E-state index is 9.15. The molecule has 0 unspecified atom stereocenters. The molecule has 0 aromatic carbocycles. The van der Waals surface area contributed by atoms with Gasteiger partial charge in [-0.15, -0.1) is 0 Å². The lowest BCUT2D eigenvalue weighted by molar-refractivity contribution is 0.400. The summed E-state index contributed by atoms with van der Waals surface area (Å²) in [5.41, 5.74) is 0.622. The number of anilines is 3. The number of rotatable bonds is 4. The molecule has 1 fully saturated rings. The summed E-state index contributed by atoms with van der Waals surface area (Å²) in [7, 11) is 1.54. The van der Waals surface area contributed by atoms with Crippen LogP contribution in [0.1, 0.15) is 5.82 Å². The van der Waals surface area contributed by atoms with E-state index in [0.29, 0.717) is 17.5 Å². The average Bonchev–Trinajstić information content (AvgIpc) is 2.62. The molecule has 0 aliphatic carbocycles. The number of hydrogen-bond donors (Lipinski definition) is 2. The molecule has 23 heavy (non-hydrogen) atoms. The van der Waals surface area contributed by atoms with E-state index in [2.05, 4.69) is 30.6 Å². The molecule has 1 saturated heterocycles. The highest BCUT2D eigenvalue weighted by molar-refractivity contribution is 5.60. The molecule has 0 bridgehead atoms. The zero-order chi connectivity index (χ0) is 16.1. The fourth-order valence-electron chi connectivity index (χ4n) is 2.25. The number of hydrogen-bond acceptors (Lipinski definition) is 9. The van der Waals surface area contributed by atoms with Gasteiger partial charge in [0.25, 0.3) is 0 Å². The van der Waals surface area contributed by atoms with Crippen molar-refractivity contribution in [1.82, 2.24) is 25.3 Å². The lowest BCUT2D eigenvalue weighted by atomic mass is 10.4. The molecule has 3 heterocycles. The second-order valence-corrected chi connectivity index (χ2v) is 4.82. The first kappa shape index (κ1) is 14.9. The van der Waals surface area contributed by atoms with Crippen LogP contribution in [0.4, 0.5) is 17.6 Å². The van der Waals surface area contributed by atoms with E-state index in [9.17, 15) is 0 Å². The second kappa shape index (κ2) is 6.85. The summed E-state index contributed by atoms with van der Waals surface area (Å²) in [6, 6.07) is 5.54. The molecule has 9 nitrogen and oxygen atoms in total. The summed E-state index contributed by atoms with van der Waals surface area (Å²) in [6.07, 6.45) is 1.63. The Bertz CT molecular complexity index is 723. The number of nitrogens with zero attached hydrogens (tertiary/aromatic N) is 6. The number of pyridine rings is 1. The summed E-state index contributed by atoms with van der Waals surface area (Å²) in [5.74, 6) is 1.27. The highest BCUT2D eigenvalue weighted by atomic mass is 16.5. The predicted molar refractivity (Wildman–Crippen MR) is 83.7 cm³/mol. The van der Waals surface area contributed by atoms with E-state index in [1.54, 1.807) is 18.3 Å². The molecular formula is C14H16N8O. The molecule has 2 N–H and O–H groups in total. The first-order valence-corrected chi connectivity index (χ1v) is 7.18. The molecule has 0 atom stereocenters. The minimum absolute atomic E-state index is 0.0684. The maximum absolute atomic E-state index is 9.15. The molecule has 0 amide bonds. The number of piperazine rings is 1. The van der Waals surface area contributed by atoms with Crippen molar-refractivity contribution in [2.75, 3.05) is 43.5 Å². The van der Waals surface area contributed by atoms with E-state index in [1.807, 2.05) is 11.0 Å². The Morgan fingerprint density at radius 2 is 2.13 bits per heavy atom. The van der Waals surface area contributed by atoms with E-state index < -0.39 is 0 Å². The quantitative estimate of drug-likeness (QED) is 0.823. The van der Waals surface area contributed by atoms with Gasteiger partial charge in [0.2, 0.25) is 23.6 Å². The maximum Gasteiger partial charge on any atom is 0.238 e. The van der Waals surface area contributed by atoms with Crippen LogP contribution in [0.5, 0.6) is 5.88 Å². The Kier molecular flexibility index (Phi) is 4.44. The van der Waals surface area contributed by atoms with Crippen LogP contribution in [0.3, 0.4) is 0 Å². The van der Waals surface area contributed by atoms with E-state index in [4.69, 9.17) is 10.00 Å². The van der Waals surface area contributed by atoms with Crippen LogP contribution < -0.4 is 20.3 Å². The van der Waals surface area contributed by atoms with Gasteiger partial charge >= 0.3 is 0 Å². The van der Waals surface area contributed by atoms with Gasteiger partial charge in [-0.2, -0.15) is 20.2 Å². The molecule has 1 aliphatic rings. The van der Waals surface area contributed by atoms with Crippen molar-refractivity contribution < 1.29 is 4.74 Å². The molecule has 118 valence electrons. The third-order valence-corrected chi connectivity index (χ3v) is 3.33. The van der Waals surface area contributed by atoms with Crippen LogP contribution in [-0.2, 0) is 0 Å². The average molecular weight is 312 g/mol. The Balaban J connectivity index is 1.91. The first-order chi connectivity index (χ1) is 11.3. The van der Waals surface area contributed by atoms with Crippen LogP contribution in [0.25, 0.3) is 0 Å². The van der Waals surface area contributed by atoms with Crippen LogP contribution >= 0.6 is 0 Å². The van der Waals surface area contributed by atoms with Crippen LogP contribution in [0.2, 0.25) is 0 Å². The topological polar surface area (TPSA) is 112 Å². The molecular weight excluding hydrogens is 296 g/mol. The van der Waals surface area contributed by atoms with E-state index in [-0.39, 0.29) is 11.8 Å². The van der Waals surface area contributed by atoms with Crippen molar-refractivity contribution in [3.8, 4) is 11.9 Å². The van der Waals surface area contributed by atoms with Gasteiger partial charge in [-0.3, -0.25) is 0 Å². The standard InChI is InChI=1S/C14H16N8O/c1-23-12-10(3-2-4-17-12)18-13-19-11(9-15)20-14(21-13)22-7-5-16-6-8-22/h2-4,16H,5-8H2,1H3,(H,18,19,20,21). The van der Waals surface area contributed by atoms with Crippen molar-refractivity contribution in [1.29, 1.82) is 5.26 Å². The zero-order valence-corrected chi connectivity index (χ0v) is 12.7. The van der Waals surface area contributed by atoms with Gasteiger partial charge in [-0.25, -0.2) is 4.98 Å². The fraction of sp³-hybridized carbons (Fsp3) is 0.357. The molecule has 0 radical (unpaired) electrons. The molecule has 2 aromatic heterocycles. The van der Waals surface area contributed by atoms with Gasteiger partial charge in [0.15, 0.2) is 0 Å². The van der Waals surface area contributed by atoms with Gasteiger partial charge in [0, 0.05) is 32.4 Å². The van der Waals surface area contributed by atoms with Crippen molar-refractivity contribution in [2.24, 2.45) is 0 Å². The molecule has 3 rings (SSSR count). The number of ether oxygens (including phenoxy) is 1. The van der Waals surface area contributed by atoms with Crippen LogP contribution in [-0.4, -0.2) is 53.2 Å². The zero-order valence-electron chi connectivity index (χ0n) is 12.7. The van der Waals surface area contributed by atoms with Crippen LogP contribution in [0.15, 0.2) is 18.3 Å². The Labute approximate surface area is 133 Å². The molecule has 0 spiro atoms. The van der Waals surface area contributed by atoms with Crippen molar-refractivity contribution in [2.45, 2.75) is 0 Å². The summed E-state index contributed by atoms with van der Waals surface area (Å²) in [5, 5.41) is 15.5. The van der Waals surface area contributed by atoms with Crippen molar-refractivity contribution >= 4 is 17.6 Å². The third-order valence-electron chi connectivity index (χ3n) is 3.33. The van der Waals surface area contributed by atoms with E-state index >= 15 is 0 Å². The molecule has 1 aliphatic heterocycles. The minimum Gasteiger partial charge on any atom is -0.480 e. The first-order valence-electron chi connectivity index (χ1n) is 7.18. The second-order valence-electron chi connectivity index (χ2n) is 4.82. The molecule has 0 saturated carbocycles. The Morgan fingerprint density at radius 1 is 1.30 bits per heavy atom. The number of aromatic nitrogens is 4. The highest BCUT2D eigenvalue weighted by Gasteiger charge is 2.16. The van der Waals surface area contributed by atoms with Gasteiger partial charge in [-0.1, -0.05) is 0 Å². The monoisotopic (exact) mass is 312 g/mol. The summed E-state index contributed by atoms with van der Waals surface area (Å²) in [4.78, 5) is 18.8. The fourth-order valence-corrected chi connectivity index (χ4v) is 2.25. The number of methoxy groups -OCH3 is 1.